The van der Waals surface area contributed by atoms with Crippen LogP contribution in [0.1, 0.15) is 45.8 Å². The molecule has 19 heavy (non-hydrogen) atoms. The molecule has 1 atom stereocenters. The molecule has 1 saturated heterocycles. The summed E-state index contributed by atoms with van der Waals surface area (Å²) in [6, 6.07) is 1.69. The van der Waals surface area contributed by atoms with Gasteiger partial charge in [-0.3, -0.25) is 4.79 Å². The summed E-state index contributed by atoms with van der Waals surface area (Å²) < 4.78 is 5.23. The summed E-state index contributed by atoms with van der Waals surface area (Å²) in [4.78, 5) is 12.0. The van der Waals surface area contributed by atoms with Crippen LogP contribution in [0, 0.1) is 0 Å². The van der Waals surface area contributed by atoms with Gasteiger partial charge >= 0.3 is 0 Å². The maximum Gasteiger partial charge on any atom is 0.242 e. The molecule has 1 aliphatic rings. The molecule has 0 aliphatic carbocycles. The van der Waals surface area contributed by atoms with Crippen molar-refractivity contribution in [2.24, 2.45) is 0 Å². The lowest BCUT2D eigenvalue weighted by Gasteiger charge is -2.21. The molecule has 0 unspecified atom stereocenters. The van der Waals surface area contributed by atoms with Gasteiger partial charge < -0.3 is 15.2 Å². The Hall–Kier alpha value is -1.07. The lowest BCUT2D eigenvalue weighted by molar-refractivity contribution is -0.118. The van der Waals surface area contributed by atoms with E-state index in [1.165, 1.54) is 0 Å². The summed E-state index contributed by atoms with van der Waals surface area (Å²) in [6.45, 7) is 7.04. The third kappa shape index (κ3) is 4.21. The minimum atomic E-state index is -0.103. The van der Waals surface area contributed by atoms with Gasteiger partial charge in [-0.25, -0.2) is 0 Å². The molecule has 2 heterocycles. The van der Waals surface area contributed by atoms with Crippen LogP contribution in [0.4, 0.5) is 5.82 Å². The van der Waals surface area contributed by atoms with Crippen LogP contribution in [0.5, 0.6) is 0 Å². The first-order chi connectivity index (χ1) is 8.47. The molecule has 0 spiro atoms. The summed E-state index contributed by atoms with van der Waals surface area (Å²) in [6.07, 6.45) is 3.12. The SMILES string of the molecule is CC(C)(C)c1cc(NC(=O)[C@@H]2CCCCN2)no1.Cl. The molecule has 0 saturated carbocycles. The zero-order chi connectivity index (χ0) is 13.2. The smallest absolute Gasteiger partial charge is 0.242 e. The molecule has 0 aromatic carbocycles. The molecule has 1 amide bonds. The molecule has 1 aliphatic heterocycles. The van der Waals surface area contributed by atoms with E-state index in [1.54, 1.807) is 6.07 Å². The number of piperidine rings is 1. The number of amides is 1. The van der Waals surface area contributed by atoms with Gasteiger partial charge in [0.15, 0.2) is 5.82 Å². The van der Waals surface area contributed by atoms with Crippen molar-refractivity contribution in [1.29, 1.82) is 0 Å². The molecule has 5 nitrogen and oxygen atoms in total. The van der Waals surface area contributed by atoms with Crippen LogP contribution in [0.3, 0.4) is 0 Å². The number of nitrogens with one attached hydrogen (secondary N) is 2. The molecule has 0 bridgehead atoms. The largest absolute Gasteiger partial charge is 0.359 e. The highest BCUT2D eigenvalue weighted by molar-refractivity contribution is 5.94. The van der Waals surface area contributed by atoms with E-state index in [0.29, 0.717) is 5.82 Å². The Morgan fingerprint density at radius 3 is 2.74 bits per heavy atom. The Morgan fingerprint density at radius 1 is 1.47 bits per heavy atom. The van der Waals surface area contributed by atoms with Crippen molar-refractivity contribution < 1.29 is 9.32 Å². The van der Waals surface area contributed by atoms with Gasteiger partial charge in [0.25, 0.3) is 0 Å². The van der Waals surface area contributed by atoms with Crippen LogP contribution in [0.2, 0.25) is 0 Å². The summed E-state index contributed by atoms with van der Waals surface area (Å²) in [5, 5.41) is 9.89. The number of carbonyl (C=O) groups excluding carboxylic acids is 1. The second kappa shape index (κ2) is 6.39. The lowest BCUT2D eigenvalue weighted by atomic mass is 9.93. The zero-order valence-electron chi connectivity index (χ0n) is 11.7. The number of nitrogens with zero attached hydrogens (tertiary/aromatic N) is 1. The van der Waals surface area contributed by atoms with Crippen molar-refractivity contribution in [1.82, 2.24) is 10.5 Å². The van der Waals surface area contributed by atoms with E-state index in [2.05, 4.69) is 15.8 Å². The standard InChI is InChI=1S/C13H21N3O2.ClH/c1-13(2,3)10-8-11(16-18-10)15-12(17)9-6-4-5-7-14-9;/h8-9,14H,4-7H2,1-3H3,(H,15,16,17);1H/t9-;/m0./s1. The Morgan fingerprint density at radius 2 is 2.21 bits per heavy atom. The highest BCUT2D eigenvalue weighted by Gasteiger charge is 2.23. The monoisotopic (exact) mass is 287 g/mol. The van der Waals surface area contributed by atoms with E-state index in [4.69, 9.17) is 4.52 Å². The number of hydrogen-bond acceptors (Lipinski definition) is 4. The van der Waals surface area contributed by atoms with Crippen LogP contribution in [-0.4, -0.2) is 23.7 Å². The summed E-state index contributed by atoms with van der Waals surface area (Å²) >= 11 is 0. The maximum atomic E-state index is 12.0. The van der Waals surface area contributed by atoms with Crippen LogP contribution in [-0.2, 0) is 10.2 Å². The van der Waals surface area contributed by atoms with E-state index in [1.807, 2.05) is 20.8 Å². The number of carbonyl (C=O) groups is 1. The Labute approximate surface area is 119 Å². The van der Waals surface area contributed by atoms with Gasteiger partial charge in [0.2, 0.25) is 5.91 Å². The first-order valence-corrected chi connectivity index (χ1v) is 6.48. The minimum Gasteiger partial charge on any atom is -0.359 e. The molecule has 1 aromatic rings. The van der Waals surface area contributed by atoms with E-state index in [9.17, 15) is 4.79 Å². The van der Waals surface area contributed by atoms with E-state index in [-0.39, 0.29) is 29.8 Å². The quantitative estimate of drug-likeness (QED) is 0.877. The third-order valence-electron chi connectivity index (χ3n) is 3.13. The number of anilines is 1. The highest BCUT2D eigenvalue weighted by atomic mass is 35.5. The first-order valence-electron chi connectivity index (χ1n) is 6.48. The molecular formula is C13H22ClN3O2. The fourth-order valence-corrected chi connectivity index (χ4v) is 1.98. The maximum absolute atomic E-state index is 12.0. The van der Waals surface area contributed by atoms with E-state index >= 15 is 0 Å². The van der Waals surface area contributed by atoms with Gasteiger partial charge in [-0.2, -0.15) is 0 Å². The number of halogens is 1. The van der Waals surface area contributed by atoms with Gasteiger partial charge in [-0.1, -0.05) is 32.3 Å². The van der Waals surface area contributed by atoms with Crippen molar-refractivity contribution in [3.63, 3.8) is 0 Å². The van der Waals surface area contributed by atoms with Crippen molar-refractivity contribution in [2.45, 2.75) is 51.5 Å². The van der Waals surface area contributed by atoms with Crippen molar-refractivity contribution >= 4 is 24.1 Å². The van der Waals surface area contributed by atoms with Crippen LogP contribution in [0.25, 0.3) is 0 Å². The normalized spacial score (nSPS) is 19.6. The fourth-order valence-electron chi connectivity index (χ4n) is 1.98. The fraction of sp³-hybridized carbons (Fsp3) is 0.692. The number of aromatic nitrogens is 1. The molecule has 2 rings (SSSR count). The summed E-state index contributed by atoms with van der Waals surface area (Å²) in [5.41, 5.74) is -0.0981. The van der Waals surface area contributed by atoms with Crippen LogP contribution >= 0.6 is 12.4 Å². The number of rotatable bonds is 2. The number of hydrogen-bond donors (Lipinski definition) is 2. The van der Waals surface area contributed by atoms with Gasteiger partial charge in [0.05, 0.1) is 6.04 Å². The topological polar surface area (TPSA) is 67.2 Å². The highest BCUT2D eigenvalue weighted by Crippen LogP contribution is 2.24. The van der Waals surface area contributed by atoms with Gasteiger partial charge in [-0.15, -0.1) is 12.4 Å². The molecule has 1 fully saturated rings. The Balaban J connectivity index is 0.00000180. The molecule has 2 N–H and O–H groups in total. The van der Waals surface area contributed by atoms with Crippen molar-refractivity contribution in [3.8, 4) is 0 Å². The van der Waals surface area contributed by atoms with Crippen molar-refractivity contribution in [3.05, 3.63) is 11.8 Å². The Kier molecular flexibility index (Phi) is 5.38. The summed E-state index contributed by atoms with van der Waals surface area (Å²) in [7, 11) is 0. The van der Waals surface area contributed by atoms with E-state index in [0.717, 1.165) is 31.6 Å². The third-order valence-corrected chi connectivity index (χ3v) is 3.13. The van der Waals surface area contributed by atoms with Gasteiger partial charge in [-0.05, 0) is 19.4 Å². The Bertz CT molecular complexity index is 420. The first kappa shape index (κ1) is 16.0. The van der Waals surface area contributed by atoms with Crippen LogP contribution < -0.4 is 10.6 Å². The predicted octanol–water partition coefficient (Wildman–Crippen LogP) is 2.47. The zero-order valence-corrected chi connectivity index (χ0v) is 12.5. The molecule has 6 heteroatoms. The second-order valence-corrected chi connectivity index (χ2v) is 5.82. The summed E-state index contributed by atoms with van der Waals surface area (Å²) in [5.74, 6) is 1.25. The molecular weight excluding hydrogens is 266 g/mol. The van der Waals surface area contributed by atoms with Crippen LogP contribution in [0.15, 0.2) is 10.6 Å². The lowest BCUT2D eigenvalue weighted by Crippen LogP contribution is -2.43. The second-order valence-electron chi connectivity index (χ2n) is 5.82. The van der Waals surface area contributed by atoms with Gasteiger partial charge in [0.1, 0.15) is 5.76 Å². The average Bonchev–Trinajstić information content (AvgIpc) is 2.78. The van der Waals surface area contributed by atoms with Crippen molar-refractivity contribution in [2.75, 3.05) is 11.9 Å². The molecule has 108 valence electrons. The predicted molar refractivity (Wildman–Crippen MR) is 76.7 cm³/mol. The van der Waals surface area contributed by atoms with Gasteiger partial charge in [0, 0.05) is 11.5 Å². The average molecular weight is 288 g/mol. The molecule has 0 radical (unpaired) electrons. The minimum absolute atomic E-state index is 0. The molecule has 1 aromatic heterocycles. The van der Waals surface area contributed by atoms with E-state index < -0.39 is 0 Å².